The maximum atomic E-state index is 13.3. The van der Waals surface area contributed by atoms with Crippen LogP contribution in [0.15, 0.2) is 42.7 Å². The second-order valence-electron chi connectivity index (χ2n) is 5.11. The molecule has 0 radical (unpaired) electrons. The van der Waals surface area contributed by atoms with Crippen molar-refractivity contribution in [1.29, 1.82) is 0 Å². The molecule has 2 rings (SSSR count). The lowest BCUT2D eigenvalue weighted by molar-refractivity contribution is 0.476. The van der Waals surface area contributed by atoms with Gasteiger partial charge in [0.1, 0.15) is 5.82 Å². The molecule has 0 aliphatic carbocycles. The second kappa shape index (κ2) is 6.62. The molecule has 0 saturated carbocycles. The molecule has 106 valence electrons. The van der Waals surface area contributed by atoms with Crippen molar-refractivity contribution in [3.63, 3.8) is 0 Å². The van der Waals surface area contributed by atoms with E-state index < -0.39 is 0 Å². The molecule has 1 N–H and O–H groups in total. The van der Waals surface area contributed by atoms with Crippen LogP contribution in [0.25, 0.3) is 0 Å². The number of rotatable bonds is 5. The van der Waals surface area contributed by atoms with Gasteiger partial charge in [0.15, 0.2) is 0 Å². The van der Waals surface area contributed by atoms with Crippen LogP contribution in [0.2, 0.25) is 0 Å². The number of hydrogen-bond donors (Lipinski definition) is 1. The first-order valence-corrected chi connectivity index (χ1v) is 7.02. The number of halogens is 1. The van der Waals surface area contributed by atoms with Crippen LogP contribution in [0.5, 0.6) is 0 Å². The van der Waals surface area contributed by atoms with Crippen LogP contribution in [-0.2, 0) is 0 Å². The Kier molecular flexibility index (Phi) is 4.85. The fraction of sp³-hybridized carbons (Fsp3) is 0.353. The number of likely N-dealkylation sites (N-methyl/N-ethyl adjacent to an activating group) is 1. The van der Waals surface area contributed by atoms with Crippen molar-refractivity contribution in [1.82, 2.24) is 10.3 Å². The van der Waals surface area contributed by atoms with Crippen LogP contribution in [0.4, 0.5) is 4.39 Å². The van der Waals surface area contributed by atoms with E-state index in [2.05, 4.69) is 24.1 Å². The van der Waals surface area contributed by atoms with Gasteiger partial charge in [0.05, 0.1) is 0 Å². The molecule has 2 unspecified atom stereocenters. The molecule has 0 spiro atoms. The van der Waals surface area contributed by atoms with E-state index in [1.165, 1.54) is 11.6 Å². The Morgan fingerprint density at radius 2 is 1.90 bits per heavy atom. The minimum atomic E-state index is -0.182. The van der Waals surface area contributed by atoms with Gasteiger partial charge in [-0.05, 0) is 54.4 Å². The molecule has 1 aromatic heterocycles. The van der Waals surface area contributed by atoms with Gasteiger partial charge in [-0.15, -0.1) is 0 Å². The monoisotopic (exact) mass is 272 g/mol. The summed E-state index contributed by atoms with van der Waals surface area (Å²) in [6, 6.07) is 9.26. The topological polar surface area (TPSA) is 24.9 Å². The molecule has 0 amide bonds. The zero-order valence-corrected chi connectivity index (χ0v) is 12.2. The van der Waals surface area contributed by atoms with Crippen molar-refractivity contribution in [2.24, 2.45) is 0 Å². The van der Waals surface area contributed by atoms with E-state index in [-0.39, 0.29) is 11.9 Å². The fourth-order valence-corrected chi connectivity index (χ4v) is 2.62. The van der Waals surface area contributed by atoms with Gasteiger partial charge in [0.2, 0.25) is 0 Å². The lowest BCUT2D eigenvalue weighted by atomic mass is 9.87. The average Bonchev–Trinajstić information content (AvgIpc) is 2.46. The summed E-state index contributed by atoms with van der Waals surface area (Å²) in [6.45, 7) is 7.11. The molecule has 0 aliphatic rings. The Hall–Kier alpha value is -1.74. The molecule has 0 fully saturated rings. The van der Waals surface area contributed by atoms with E-state index in [1.807, 2.05) is 37.5 Å². The number of hydrogen-bond acceptors (Lipinski definition) is 2. The SMILES string of the molecule is CCNC(c1ccc(F)cc1C)C(C)c1ccncc1. The first-order chi connectivity index (χ1) is 9.63. The average molecular weight is 272 g/mol. The molecule has 2 aromatic rings. The van der Waals surface area contributed by atoms with Gasteiger partial charge in [0, 0.05) is 24.4 Å². The van der Waals surface area contributed by atoms with E-state index in [4.69, 9.17) is 0 Å². The smallest absolute Gasteiger partial charge is 0.123 e. The van der Waals surface area contributed by atoms with Crippen LogP contribution in [-0.4, -0.2) is 11.5 Å². The van der Waals surface area contributed by atoms with Gasteiger partial charge in [-0.3, -0.25) is 4.98 Å². The standard InChI is InChI=1S/C17H21FN2/c1-4-20-17(13(3)14-7-9-19-10-8-14)16-6-5-15(18)11-12(16)2/h5-11,13,17,20H,4H2,1-3H3. The number of benzene rings is 1. The Morgan fingerprint density at radius 3 is 2.50 bits per heavy atom. The third kappa shape index (κ3) is 3.23. The zero-order valence-electron chi connectivity index (χ0n) is 12.2. The molecule has 20 heavy (non-hydrogen) atoms. The van der Waals surface area contributed by atoms with E-state index in [0.717, 1.165) is 17.7 Å². The lowest BCUT2D eigenvalue weighted by Gasteiger charge is -2.27. The fourth-order valence-electron chi connectivity index (χ4n) is 2.62. The summed E-state index contributed by atoms with van der Waals surface area (Å²) in [5.74, 6) is 0.111. The van der Waals surface area contributed by atoms with Gasteiger partial charge in [-0.2, -0.15) is 0 Å². The van der Waals surface area contributed by atoms with Gasteiger partial charge >= 0.3 is 0 Å². The first kappa shape index (κ1) is 14.7. The highest BCUT2D eigenvalue weighted by molar-refractivity contribution is 5.33. The molecule has 2 atom stereocenters. The summed E-state index contributed by atoms with van der Waals surface area (Å²) in [4.78, 5) is 4.07. The first-order valence-electron chi connectivity index (χ1n) is 7.02. The Balaban J connectivity index is 2.35. The summed E-state index contributed by atoms with van der Waals surface area (Å²) >= 11 is 0. The van der Waals surface area contributed by atoms with E-state index >= 15 is 0 Å². The van der Waals surface area contributed by atoms with Crippen LogP contribution in [0.3, 0.4) is 0 Å². The van der Waals surface area contributed by atoms with E-state index in [1.54, 1.807) is 6.07 Å². The van der Waals surface area contributed by atoms with E-state index in [9.17, 15) is 4.39 Å². The Labute approximate surface area is 120 Å². The predicted molar refractivity (Wildman–Crippen MR) is 80.2 cm³/mol. The van der Waals surface area contributed by atoms with Crippen LogP contribution >= 0.6 is 0 Å². The minimum Gasteiger partial charge on any atom is -0.310 e. The number of nitrogens with zero attached hydrogens (tertiary/aromatic N) is 1. The molecule has 0 saturated heterocycles. The molecule has 1 aromatic carbocycles. The van der Waals surface area contributed by atoms with Crippen LogP contribution in [0.1, 0.15) is 42.5 Å². The predicted octanol–water partition coefficient (Wildman–Crippen LogP) is 3.98. The number of nitrogens with one attached hydrogen (secondary N) is 1. The van der Waals surface area contributed by atoms with Crippen molar-refractivity contribution in [2.75, 3.05) is 6.54 Å². The van der Waals surface area contributed by atoms with Crippen LogP contribution < -0.4 is 5.32 Å². The molecule has 0 aliphatic heterocycles. The largest absolute Gasteiger partial charge is 0.310 e. The summed E-state index contributed by atoms with van der Waals surface area (Å²) in [5.41, 5.74) is 3.36. The van der Waals surface area contributed by atoms with Gasteiger partial charge < -0.3 is 5.32 Å². The Bertz CT molecular complexity index is 554. The third-order valence-electron chi connectivity index (χ3n) is 3.72. The zero-order chi connectivity index (χ0) is 14.5. The molecule has 3 heteroatoms. The molecule has 0 bridgehead atoms. The van der Waals surface area contributed by atoms with Crippen molar-refractivity contribution in [3.8, 4) is 0 Å². The van der Waals surface area contributed by atoms with Gasteiger partial charge in [-0.25, -0.2) is 4.39 Å². The van der Waals surface area contributed by atoms with Crippen molar-refractivity contribution < 1.29 is 4.39 Å². The second-order valence-corrected chi connectivity index (χ2v) is 5.11. The van der Waals surface area contributed by atoms with E-state index in [0.29, 0.717) is 5.92 Å². The highest BCUT2D eigenvalue weighted by Crippen LogP contribution is 2.32. The van der Waals surface area contributed by atoms with Gasteiger partial charge in [-0.1, -0.05) is 19.9 Å². The number of pyridine rings is 1. The number of aryl methyl sites for hydroxylation is 1. The summed E-state index contributed by atoms with van der Waals surface area (Å²) < 4.78 is 13.3. The quantitative estimate of drug-likeness (QED) is 0.890. The van der Waals surface area contributed by atoms with Gasteiger partial charge in [0.25, 0.3) is 0 Å². The normalized spacial score (nSPS) is 14.0. The summed E-state index contributed by atoms with van der Waals surface area (Å²) in [5, 5.41) is 3.51. The minimum absolute atomic E-state index is 0.169. The molecule has 2 nitrogen and oxygen atoms in total. The van der Waals surface area contributed by atoms with Crippen molar-refractivity contribution >= 4 is 0 Å². The molecule has 1 heterocycles. The van der Waals surface area contributed by atoms with Crippen molar-refractivity contribution in [3.05, 3.63) is 65.2 Å². The van der Waals surface area contributed by atoms with Crippen molar-refractivity contribution in [2.45, 2.75) is 32.7 Å². The molecular formula is C17H21FN2. The third-order valence-corrected chi connectivity index (χ3v) is 3.72. The van der Waals surface area contributed by atoms with Crippen LogP contribution in [0, 0.1) is 12.7 Å². The summed E-state index contributed by atoms with van der Waals surface area (Å²) in [6.07, 6.45) is 3.62. The maximum absolute atomic E-state index is 13.3. The highest BCUT2D eigenvalue weighted by atomic mass is 19.1. The maximum Gasteiger partial charge on any atom is 0.123 e. The molecular weight excluding hydrogens is 251 g/mol. The highest BCUT2D eigenvalue weighted by Gasteiger charge is 2.21. The number of aromatic nitrogens is 1. The summed E-state index contributed by atoms with van der Waals surface area (Å²) in [7, 11) is 0. The Morgan fingerprint density at radius 1 is 1.20 bits per heavy atom. The lowest BCUT2D eigenvalue weighted by Crippen LogP contribution is -2.26.